The molecule has 0 aromatic carbocycles. The van der Waals surface area contributed by atoms with E-state index in [1.54, 1.807) is 0 Å². The average Bonchev–Trinajstić information content (AvgIpc) is 0.811. The van der Waals surface area contributed by atoms with Gasteiger partial charge in [-0.25, -0.2) is 0 Å². The molecule has 0 aliphatic rings. The minimum absolute atomic E-state index is 0. The molecule has 0 rings (SSSR count). The van der Waals surface area contributed by atoms with Crippen LogP contribution < -0.4 is 0 Å². The van der Waals surface area contributed by atoms with E-state index < -0.39 is 8.60 Å². The van der Waals surface area contributed by atoms with Crippen molar-refractivity contribution in [3.63, 3.8) is 0 Å². The van der Waals surface area contributed by atoms with Crippen molar-refractivity contribution in [2.45, 2.75) is 0 Å². The van der Waals surface area contributed by atoms with Crippen LogP contribution in [0, 0.1) is 0 Å². The topological polar surface area (TPSA) is 211 Å². The minimum atomic E-state index is -2.62. The Morgan fingerprint density at radius 3 is 0.636 bits per heavy atom. The predicted molar refractivity (Wildman–Crippen MR) is 34.8 cm³/mol. The first-order valence-corrected chi connectivity index (χ1v) is 1.80. The predicted octanol–water partition coefficient (Wildman–Crippen LogP) is -2.46. The molecule has 8 nitrogen and oxygen atoms in total. The van der Waals surface area contributed by atoms with Gasteiger partial charge in [0.25, 0.3) is 0 Å². The standard InChI is InChI=1S/Al.Ca.H3O3P.5H2O/c;;1-4(2)3;;;;;/h;;1-3H;5*1H2/q+3;+2;;;;;;/p-5. The molecule has 0 unspecified atom stereocenters. The van der Waals surface area contributed by atoms with E-state index in [1.807, 2.05) is 0 Å². The zero-order chi connectivity index (χ0) is 3.58. The Bertz CT molecular complexity index is 18.8. The van der Waals surface area contributed by atoms with Crippen LogP contribution in [-0.2, 0) is 0 Å². The van der Waals surface area contributed by atoms with Crippen LogP contribution in [-0.4, -0.2) is 97.2 Å². The van der Waals surface area contributed by atoms with E-state index in [1.165, 1.54) is 0 Å². The zero-order valence-electron chi connectivity index (χ0n) is 5.31. The Morgan fingerprint density at radius 1 is 0.636 bits per heavy atom. The van der Waals surface area contributed by atoms with E-state index in [0.717, 1.165) is 0 Å². The van der Waals surface area contributed by atoms with E-state index in [2.05, 4.69) is 0 Å². The van der Waals surface area contributed by atoms with Crippen molar-refractivity contribution in [2.75, 3.05) is 0 Å². The molecule has 0 saturated heterocycles. The summed E-state index contributed by atoms with van der Waals surface area (Å²) >= 11 is 0. The molecule has 0 aliphatic heterocycles. The Balaban J connectivity index is -0.00000000214. The van der Waals surface area contributed by atoms with Crippen molar-refractivity contribution < 1.29 is 42.1 Å². The van der Waals surface area contributed by atoms with Crippen LogP contribution in [0.25, 0.3) is 0 Å². The van der Waals surface area contributed by atoms with Crippen molar-refractivity contribution in [1.29, 1.82) is 0 Å². The van der Waals surface area contributed by atoms with Gasteiger partial charge in [-0.3, -0.25) is 0 Å². The van der Waals surface area contributed by atoms with Crippen molar-refractivity contribution in [2.24, 2.45) is 0 Å². The summed E-state index contributed by atoms with van der Waals surface area (Å²) in [5.74, 6) is 0. The molecule has 0 bridgehead atoms. The van der Waals surface area contributed by atoms with Crippen LogP contribution in [0.1, 0.15) is 0 Å². The molecule has 8 N–H and O–H groups in total. The third kappa shape index (κ3) is 323. The second-order valence-electron chi connectivity index (χ2n) is 0.268. The van der Waals surface area contributed by atoms with Crippen LogP contribution in [0.15, 0.2) is 0 Å². The van der Waals surface area contributed by atoms with Gasteiger partial charge in [0.1, 0.15) is 0 Å². The normalized spacial score (nSPS) is 3.27. The number of rotatable bonds is 0. The maximum atomic E-state index is 7.23. The largest absolute Gasteiger partial charge is 3.00 e. The summed E-state index contributed by atoms with van der Waals surface area (Å²) in [6, 6.07) is 0. The SMILES string of the molecule is OP(O)O.[Al+3].[Ca+2].[OH-].[OH-].[OH-].[OH-].[OH-]. The molecule has 0 saturated carbocycles. The molecule has 0 amide bonds. The summed E-state index contributed by atoms with van der Waals surface area (Å²) in [5, 5.41) is 0. The van der Waals surface area contributed by atoms with Crippen LogP contribution >= 0.6 is 8.60 Å². The summed E-state index contributed by atoms with van der Waals surface area (Å²) in [6.45, 7) is 0. The van der Waals surface area contributed by atoms with E-state index in [0.29, 0.717) is 0 Å². The molecule has 0 aromatic heterocycles. The Kier molecular flexibility index (Phi) is 407. The molecule has 66 valence electrons. The van der Waals surface area contributed by atoms with Gasteiger partial charge in [-0.2, -0.15) is 0 Å². The van der Waals surface area contributed by atoms with E-state index in [4.69, 9.17) is 14.7 Å². The van der Waals surface area contributed by atoms with E-state index in [-0.39, 0.29) is 82.5 Å². The van der Waals surface area contributed by atoms with Crippen molar-refractivity contribution in [1.82, 2.24) is 0 Å². The molecule has 0 aromatic rings. The Labute approximate surface area is 105 Å². The molecule has 0 spiro atoms. The van der Waals surface area contributed by atoms with Gasteiger partial charge in [-0.05, 0) is 0 Å². The maximum absolute atomic E-state index is 7.23. The molecule has 0 aliphatic carbocycles. The average molecular weight is 234 g/mol. The Morgan fingerprint density at radius 2 is 0.636 bits per heavy atom. The second kappa shape index (κ2) is 58.9. The zero-order valence-corrected chi connectivity index (χ0v) is 9.57. The van der Waals surface area contributed by atoms with E-state index >= 15 is 0 Å². The van der Waals surface area contributed by atoms with Crippen LogP contribution in [0.3, 0.4) is 0 Å². The van der Waals surface area contributed by atoms with Crippen LogP contribution in [0.2, 0.25) is 0 Å². The maximum Gasteiger partial charge on any atom is 3.00 e. The third-order valence-electron chi connectivity index (χ3n) is 0. The molecular formula is H8AlCaO8P. The molecule has 11 heavy (non-hydrogen) atoms. The van der Waals surface area contributed by atoms with Gasteiger partial charge >= 0.3 is 63.7 Å². The number of hydrogen-bond donors (Lipinski definition) is 3. The van der Waals surface area contributed by atoms with Gasteiger partial charge in [0, 0.05) is 0 Å². The van der Waals surface area contributed by atoms with Crippen molar-refractivity contribution in [3.05, 3.63) is 0 Å². The molecule has 0 atom stereocenters. The fourth-order valence-corrected chi connectivity index (χ4v) is 0. The minimum Gasteiger partial charge on any atom is -0.870 e. The third-order valence-corrected chi connectivity index (χ3v) is 0. The van der Waals surface area contributed by atoms with Gasteiger partial charge < -0.3 is 42.1 Å². The fourth-order valence-electron chi connectivity index (χ4n) is 0. The first kappa shape index (κ1) is 76.1. The van der Waals surface area contributed by atoms with Gasteiger partial charge in [-0.15, -0.1) is 0 Å². The summed E-state index contributed by atoms with van der Waals surface area (Å²) in [4.78, 5) is 21.7. The van der Waals surface area contributed by atoms with Crippen molar-refractivity contribution in [3.8, 4) is 0 Å². The second-order valence-corrected chi connectivity index (χ2v) is 0.805. The summed E-state index contributed by atoms with van der Waals surface area (Å²) in [7, 11) is -2.62. The molecule has 0 radical (unpaired) electrons. The van der Waals surface area contributed by atoms with Gasteiger partial charge in [0.15, 0.2) is 0 Å². The summed E-state index contributed by atoms with van der Waals surface area (Å²) < 4.78 is 0. The molecular weight excluding hydrogens is 226 g/mol. The van der Waals surface area contributed by atoms with Crippen molar-refractivity contribution >= 4 is 63.7 Å². The monoisotopic (exact) mass is 234 g/mol. The van der Waals surface area contributed by atoms with Crippen LogP contribution in [0.5, 0.6) is 0 Å². The van der Waals surface area contributed by atoms with Gasteiger partial charge in [-0.1, -0.05) is 0 Å². The summed E-state index contributed by atoms with van der Waals surface area (Å²) in [5.41, 5.74) is 0. The summed E-state index contributed by atoms with van der Waals surface area (Å²) in [6.07, 6.45) is 0. The Hall–Kier alpha value is 1.90. The van der Waals surface area contributed by atoms with Gasteiger partial charge in [0.2, 0.25) is 0 Å². The van der Waals surface area contributed by atoms with Crippen LogP contribution in [0.4, 0.5) is 0 Å². The smallest absolute Gasteiger partial charge is 0.870 e. The fraction of sp³-hybridized carbons (Fsp3) is 0. The number of hydrogen-bond acceptors (Lipinski definition) is 8. The van der Waals surface area contributed by atoms with Gasteiger partial charge in [0.05, 0.1) is 0 Å². The first-order valence-electron chi connectivity index (χ1n) is 0.600. The first-order chi connectivity index (χ1) is 1.73. The molecule has 11 heteroatoms. The molecule has 0 fully saturated rings. The van der Waals surface area contributed by atoms with E-state index in [9.17, 15) is 0 Å². The quantitative estimate of drug-likeness (QED) is 0.301. The molecule has 0 heterocycles.